The zero-order valence-corrected chi connectivity index (χ0v) is 78.0. The van der Waals surface area contributed by atoms with Gasteiger partial charge in [0.05, 0.1) is 78.6 Å². The third-order valence-corrected chi connectivity index (χ3v) is 22.1. The molecular formula is C87H128N24O28S. The number of hydrogen-bond acceptors (Lipinski definition) is 29. The number of nitrogens with one attached hydrogen (secondary N) is 19. The van der Waals surface area contributed by atoms with Crippen LogP contribution in [-0.2, 0) is 120 Å². The minimum absolute atomic E-state index is 0.0117. The lowest BCUT2D eigenvalue weighted by Gasteiger charge is -2.33. The van der Waals surface area contributed by atoms with Crippen molar-refractivity contribution >= 4 is 142 Å². The van der Waals surface area contributed by atoms with Crippen molar-refractivity contribution in [1.82, 2.24) is 99.8 Å². The standard InChI is InChI=1S/C87H128N24O28S/c88-85(89)94-27-5-9-58-77(129)97-44-68(115)101-65(42-71(118)119)83(135)107-63(40-52-13-19-56(112)20-14-52)81(133)105-60(79(131)103-58)7-1-3-25-92-67(114)24-23-62(100-70(117)50-139-38-37-138-36-35-137-34-29-96-87(140)99-54-17-11-51(12-18-54)39-55-46-110(48-74(124)125)31-30-109(47-73(122)123)32-33-111(55)49-75(126)127)76(128)93-26-4-2-8-61-80(132)104-59(10-6-28-95-86(90)91)78(130)98-45-69(116)102-66(43-72(120)121)84(136)108-64(82(134)106-61)41-53-15-21-57(113)22-16-53/h11-22,55,58-66,112-113H,1-10,23-50H2,(H,92,114)(H,93,128)(H,97,129)(H,98,130)(H,100,117)(H,101,115)(H,102,116)(H,103,131)(H,104,132)(H,105,133)(H,106,134)(H,107,135)(H,108,136)(H,118,119)(H,120,121)(H,122,123)(H,124,125)(H,126,127)(H4,88,89,94)(H4,90,91,95)(H2,96,99,140)/t55?,58-,59-,60-,61-,62?,63+,64+,65-,66-/m0/s1. The number of rotatable bonds is 51. The molecule has 52 nitrogen and oxygen atoms in total. The van der Waals surface area contributed by atoms with Crippen molar-refractivity contribution < 1.29 is 136 Å². The molecular weight excluding hydrogens is 1860 g/mol. The van der Waals surface area contributed by atoms with E-state index >= 15 is 0 Å². The summed E-state index contributed by atoms with van der Waals surface area (Å²) < 4.78 is 16.9. The van der Waals surface area contributed by atoms with Crippen molar-refractivity contribution in [1.29, 1.82) is 10.8 Å². The van der Waals surface area contributed by atoms with Gasteiger partial charge in [-0.3, -0.25) is 112 Å². The van der Waals surface area contributed by atoms with Crippen molar-refractivity contribution in [3.63, 3.8) is 0 Å². The van der Waals surface area contributed by atoms with Crippen LogP contribution in [-0.4, -0.2) is 372 Å². The molecule has 53 heteroatoms. The second-order valence-electron chi connectivity index (χ2n) is 33.1. The fraction of sp³-hybridized carbons (Fsp3) is 0.552. The number of anilines is 1. The number of carbonyl (C=O) groups is 18. The smallest absolute Gasteiger partial charge is 0.317 e. The number of unbranched alkanes of at least 4 members (excludes halogenated alkanes) is 2. The van der Waals surface area contributed by atoms with Gasteiger partial charge in [-0.2, -0.15) is 0 Å². The number of benzene rings is 3. The summed E-state index contributed by atoms with van der Waals surface area (Å²) in [6.07, 6.45) is -3.16. The van der Waals surface area contributed by atoms with Gasteiger partial charge in [-0.15, -0.1) is 0 Å². The van der Waals surface area contributed by atoms with E-state index in [0.717, 1.165) is 5.56 Å². The van der Waals surface area contributed by atoms with Crippen LogP contribution >= 0.6 is 12.2 Å². The maximum Gasteiger partial charge on any atom is 0.317 e. The molecule has 0 aliphatic carbocycles. The molecule has 3 aliphatic heterocycles. The first kappa shape index (κ1) is 114. The molecule has 770 valence electrons. The van der Waals surface area contributed by atoms with Crippen LogP contribution in [0.25, 0.3) is 0 Å². The SMILES string of the molecule is N=C(N)NCCC[C@@H]1NC(=O)[C@H](CCCCNC(=O)CCC(NC(=O)COCCOCCOCCNC(=S)Nc2ccc(CC3CN(CC(=O)O)CCN(CC(=O)O)CCN3CC(=O)O)cc2)C(=O)NCCCC[C@@H]2NC(=O)[C@@H](Cc3ccc(O)cc3)NC(=O)[C@H](CC(=O)O)NC(=O)CNC(=O)[C@H](CCCNC(=N)N)NC2=O)NC(=O)[C@@H](Cc2ccc(O)cc2)NC(=O)[C@H](CC(=O)O)NC(=O)CNC1=O. The van der Waals surface area contributed by atoms with Gasteiger partial charge in [0.2, 0.25) is 76.8 Å². The third-order valence-electron chi connectivity index (χ3n) is 21.9. The van der Waals surface area contributed by atoms with E-state index in [9.17, 15) is 122 Å². The van der Waals surface area contributed by atoms with Crippen LogP contribution in [0.2, 0.25) is 0 Å². The van der Waals surface area contributed by atoms with Gasteiger partial charge in [0.25, 0.3) is 0 Å². The molecule has 0 aromatic heterocycles. The first-order valence-electron chi connectivity index (χ1n) is 45.4. The second kappa shape index (κ2) is 61.8. The maximum absolute atomic E-state index is 14.5. The number of carbonyl (C=O) groups excluding carboxylic acids is 13. The Hall–Kier alpha value is -14.3. The lowest BCUT2D eigenvalue weighted by molar-refractivity contribution is -0.141. The molecule has 30 N–H and O–H groups in total. The maximum atomic E-state index is 14.5. The van der Waals surface area contributed by atoms with E-state index in [2.05, 4.69) is 90.4 Å². The molecule has 140 heavy (non-hydrogen) atoms. The summed E-state index contributed by atoms with van der Waals surface area (Å²) in [4.78, 5) is 245. The summed E-state index contributed by atoms with van der Waals surface area (Å²) in [5, 5.41) is 128. The van der Waals surface area contributed by atoms with Crippen LogP contribution in [0.3, 0.4) is 0 Å². The minimum atomic E-state index is -1.79. The molecule has 0 saturated carbocycles. The van der Waals surface area contributed by atoms with Gasteiger partial charge < -0.3 is 152 Å². The number of phenols is 2. The number of thiocarbonyl (C=S) groups is 1. The highest BCUT2D eigenvalue weighted by atomic mass is 32.1. The van der Waals surface area contributed by atoms with Crippen molar-refractivity contribution in [2.45, 2.75) is 170 Å². The molecule has 0 bridgehead atoms. The van der Waals surface area contributed by atoms with E-state index in [1.165, 1.54) is 48.5 Å². The van der Waals surface area contributed by atoms with Crippen molar-refractivity contribution in [2.75, 3.05) is 143 Å². The Morgan fingerprint density at radius 1 is 0.414 bits per heavy atom. The number of nitrogens with two attached hydrogens (primary N) is 2. The topological polar surface area (TPSA) is 791 Å². The molecule has 10 atom stereocenters. The van der Waals surface area contributed by atoms with E-state index in [4.69, 9.17) is 48.7 Å². The lowest BCUT2D eigenvalue weighted by atomic mass is 10.0. The van der Waals surface area contributed by atoms with Crippen molar-refractivity contribution in [3.05, 3.63) is 89.5 Å². The van der Waals surface area contributed by atoms with Gasteiger partial charge >= 0.3 is 29.8 Å². The second-order valence-corrected chi connectivity index (χ2v) is 33.5. The minimum Gasteiger partial charge on any atom is -0.508 e. The van der Waals surface area contributed by atoms with Gasteiger partial charge in [-0.05, 0) is 142 Å². The largest absolute Gasteiger partial charge is 0.508 e. The van der Waals surface area contributed by atoms with E-state index in [1.807, 2.05) is 12.1 Å². The van der Waals surface area contributed by atoms with Crippen LogP contribution in [0.15, 0.2) is 72.8 Å². The quantitative estimate of drug-likeness (QED) is 0.0108. The number of nitrogens with zero attached hydrogens (tertiary/aromatic N) is 3. The Morgan fingerprint density at radius 3 is 1.28 bits per heavy atom. The van der Waals surface area contributed by atoms with Gasteiger partial charge in [-0.1, -0.05) is 36.4 Å². The number of aromatic hydroxyl groups is 2. The summed E-state index contributed by atoms with van der Waals surface area (Å²) in [7, 11) is 0. The Balaban J connectivity index is 1.11. The highest BCUT2D eigenvalue weighted by Gasteiger charge is 2.38. The zero-order valence-electron chi connectivity index (χ0n) is 77.2. The average molecular weight is 1990 g/mol. The van der Waals surface area contributed by atoms with Gasteiger partial charge in [0.15, 0.2) is 17.0 Å². The number of ether oxygens (including phenoxy) is 3. The van der Waals surface area contributed by atoms with Gasteiger partial charge in [0.1, 0.15) is 72.5 Å². The van der Waals surface area contributed by atoms with E-state index < -0.39 is 218 Å². The molecule has 3 aromatic carbocycles. The lowest BCUT2D eigenvalue weighted by Crippen LogP contribution is -2.58. The normalized spacial score (nSPS) is 20.0. The Kier molecular flexibility index (Phi) is 50.5. The molecule has 0 spiro atoms. The summed E-state index contributed by atoms with van der Waals surface area (Å²) >= 11 is 5.49. The number of amides is 13. The fourth-order valence-corrected chi connectivity index (χ4v) is 15.0. The molecule has 2 unspecified atom stereocenters. The van der Waals surface area contributed by atoms with E-state index in [0.29, 0.717) is 23.2 Å². The molecule has 6 rings (SSSR count). The molecule has 13 amide bonds. The molecule has 0 radical (unpaired) electrons. The third kappa shape index (κ3) is 46.2. The van der Waals surface area contributed by atoms with Crippen LogP contribution in [0.1, 0.15) is 107 Å². The van der Waals surface area contributed by atoms with Crippen LogP contribution in [0.4, 0.5) is 5.69 Å². The molecule has 3 aromatic rings. The molecule has 3 fully saturated rings. The van der Waals surface area contributed by atoms with Crippen LogP contribution in [0, 0.1) is 10.8 Å². The average Bonchev–Trinajstić information content (AvgIpc) is 1.44. The Bertz CT molecular complexity index is 4720. The van der Waals surface area contributed by atoms with Crippen molar-refractivity contribution in [3.8, 4) is 11.5 Å². The molecule has 3 aliphatic rings. The number of hydrogen-bond donors (Lipinski definition) is 28. The molecule has 3 heterocycles. The Morgan fingerprint density at radius 2 is 0.807 bits per heavy atom. The van der Waals surface area contributed by atoms with Crippen molar-refractivity contribution in [2.24, 2.45) is 11.5 Å². The van der Waals surface area contributed by atoms with E-state index in [-0.39, 0.29) is 218 Å². The first-order chi connectivity index (χ1) is 66.7. The van der Waals surface area contributed by atoms with Crippen LogP contribution in [0.5, 0.6) is 11.5 Å². The summed E-state index contributed by atoms with van der Waals surface area (Å²) in [5.41, 5.74) is 13.1. The Labute approximate surface area is 810 Å². The number of carboxylic acid groups (broad SMARTS) is 5. The number of aliphatic carboxylic acids is 5. The predicted molar refractivity (Wildman–Crippen MR) is 501 cm³/mol. The van der Waals surface area contributed by atoms with E-state index in [1.54, 1.807) is 26.8 Å². The fourth-order valence-electron chi connectivity index (χ4n) is 14.8. The highest BCUT2D eigenvalue weighted by Crippen LogP contribution is 2.20. The van der Waals surface area contributed by atoms with Gasteiger partial charge in [-0.25, -0.2) is 0 Å². The number of guanidine groups is 2. The molecule has 3 saturated heterocycles. The number of phenolic OH excluding ortho intramolecular Hbond substituents is 2. The monoisotopic (exact) mass is 1990 g/mol. The number of carboxylic acids is 5. The first-order valence-corrected chi connectivity index (χ1v) is 45.8. The van der Waals surface area contributed by atoms with Crippen LogP contribution < -0.4 is 102 Å². The summed E-state index contributed by atoms with van der Waals surface area (Å²) in [6, 6.07) is 3.72. The summed E-state index contributed by atoms with van der Waals surface area (Å²) in [6.45, 7) is -1.56. The highest BCUT2D eigenvalue weighted by molar-refractivity contribution is 7.80. The van der Waals surface area contributed by atoms with Gasteiger partial charge in [0, 0.05) is 96.4 Å². The predicted octanol–water partition coefficient (Wildman–Crippen LogP) is -7.54. The summed E-state index contributed by atoms with van der Waals surface area (Å²) in [5.74, 6) is -19.5. The zero-order chi connectivity index (χ0) is 103.